The van der Waals surface area contributed by atoms with E-state index in [1.54, 1.807) is 24.7 Å². The smallest absolute Gasteiger partial charge is 0.215 e. The Bertz CT molecular complexity index is 527. The zero-order chi connectivity index (χ0) is 14.8. The van der Waals surface area contributed by atoms with Crippen LogP contribution in [0, 0.1) is 0 Å². The summed E-state index contributed by atoms with van der Waals surface area (Å²) < 4.78 is 5.03. The summed E-state index contributed by atoms with van der Waals surface area (Å²) in [6.07, 6.45) is 2.41. The highest BCUT2D eigenvalue weighted by Crippen LogP contribution is 2.09. The second-order valence-electron chi connectivity index (χ2n) is 3.30. The molecule has 1 rings (SSSR count). The molecule has 0 unspecified atom stereocenters. The summed E-state index contributed by atoms with van der Waals surface area (Å²) in [5.74, 6) is 0.613. The Morgan fingerprint density at radius 3 is 2.60 bits per heavy atom. The first-order chi connectivity index (χ1) is 9.69. The Hall–Kier alpha value is -2.52. The number of nitrogens with zero attached hydrogens (tertiary/aromatic N) is 3. The van der Waals surface area contributed by atoms with Crippen LogP contribution in [0.1, 0.15) is 5.56 Å². The average Bonchev–Trinajstić information content (AvgIpc) is 2.47. The lowest BCUT2D eigenvalue weighted by Crippen LogP contribution is -2.24. The molecule has 0 spiro atoms. The predicted molar refractivity (Wildman–Crippen MR) is 79.0 cm³/mol. The molecule has 0 heterocycles. The van der Waals surface area contributed by atoms with Gasteiger partial charge in [-0.05, 0) is 42.0 Å². The number of hydrogen-bond donors (Lipinski definition) is 4. The van der Waals surface area contributed by atoms with Gasteiger partial charge in [0.1, 0.15) is 12.0 Å². The number of oxime groups is 1. The van der Waals surface area contributed by atoms with E-state index in [0.29, 0.717) is 0 Å². The zero-order valence-electron chi connectivity index (χ0n) is 10.5. The summed E-state index contributed by atoms with van der Waals surface area (Å²) in [4.78, 5) is 3.68. The second kappa shape index (κ2) is 8.56. The first kappa shape index (κ1) is 15.5. The van der Waals surface area contributed by atoms with Crippen molar-refractivity contribution in [3.63, 3.8) is 0 Å². The quantitative estimate of drug-likeness (QED) is 0.214. The summed E-state index contributed by atoms with van der Waals surface area (Å²) in [6, 6.07) is 7.22. The molecular formula is C11H13N5O3S. The number of hydrogen-bond acceptors (Lipinski definition) is 6. The molecule has 0 aliphatic heterocycles. The van der Waals surface area contributed by atoms with E-state index in [-0.39, 0.29) is 10.9 Å². The molecule has 0 saturated heterocycles. The largest absolute Gasteiger partial charge is 0.497 e. The molecule has 8 nitrogen and oxygen atoms in total. The molecule has 1 aromatic carbocycles. The van der Waals surface area contributed by atoms with Crippen LogP contribution in [-0.4, -0.2) is 40.9 Å². The van der Waals surface area contributed by atoms with Crippen LogP contribution in [0.3, 0.4) is 0 Å². The molecule has 0 atom stereocenters. The molecule has 9 heteroatoms. The molecule has 106 valence electrons. The highest BCUT2D eigenvalue weighted by atomic mass is 32.1. The van der Waals surface area contributed by atoms with Crippen LogP contribution in [0.15, 0.2) is 39.5 Å². The highest BCUT2D eigenvalue weighted by Gasteiger charge is 1.96. The number of ether oxygens (including phenoxy) is 1. The Morgan fingerprint density at radius 2 is 2.05 bits per heavy atom. The van der Waals surface area contributed by atoms with Gasteiger partial charge in [0.25, 0.3) is 0 Å². The van der Waals surface area contributed by atoms with Crippen LogP contribution >= 0.6 is 12.2 Å². The van der Waals surface area contributed by atoms with Gasteiger partial charge in [-0.3, -0.25) is 16.1 Å². The van der Waals surface area contributed by atoms with Gasteiger partial charge in [-0.1, -0.05) is 5.16 Å². The lowest BCUT2D eigenvalue weighted by Gasteiger charge is -2.00. The van der Waals surface area contributed by atoms with Gasteiger partial charge in [0, 0.05) is 0 Å². The molecule has 0 fully saturated rings. The van der Waals surface area contributed by atoms with Crippen molar-refractivity contribution in [3.05, 3.63) is 29.8 Å². The summed E-state index contributed by atoms with van der Waals surface area (Å²) in [5.41, 5.74) is 5.01. The fraction of sp³-hybridized carbons (Fsp3) is 0.0909. The molecule has 0 bridgehead atoms. The van der Waals surface area contributed by atoms with E-state index in [4.69, 9.17) is 27.4 Å². The highest BCUT2D eigenvalue weighted by molar-refractivity contribution is 7.80. The molecule has 0 aliphatic rings. The van der Waals surface area contributed by atoms with Gasteiger partial charge >= 0.3 is 0 Å². The van der Waals surface area contributed by atoms with Gasteiger partial charge in [-0.15, -0.1) is 0 Å². The lowest BCUT2D eigenvalue weighted by molar-refractivity contribution is 0.236. The summed E-state index contributed by atoms with van der Waals surface area (Å²) in [7, 11) is 1.59. The van der Waals surface area contributed by atoms with Crippen LogP contribution < -0.4 is 15.6 Å². The zero-order valence-corrected chi connectivity index (χ0v) is 11.3. The van der Waals surface area contributed by atoms with Crippen LogP contribution in [0.5, 0.6) is 5.75 Å². The lowest BCUT2D eigenvalue weighted by atomic mass is 10.2. The number of nitrogens with one attached hydrogen (secondary N) is 2. The number of methoxy groups -OCH3 is 1. The van der Waals surface area contributed by atoms with E-state index < -0.39 is 0 Å². The first-order valence-corrected chi connectivity index (χ1v) is 5.73. The predicted octanol–water partition coefficient (Wildman–Crippen LogP) is 0.741. The molecule has 20 heavy (non-hydrogen) atoms. The van der Waals surface area contributed by atoms with Crippen molar-refractivity contribution in [2.75, 3.05) is 7.11 Å². The average molecular weight is 295 g/mol. The van der Waals surface area contributed by atoms with E-state index >= 15 is 0 Å². The fourth-order valence-corrected chi connectivity index (χ4v) is 1.27. The van der Waals surface area contributed by atoms with Gasteiger partial charge < -0.3 is 9.94 Å². The SMILES string of the molecule is COc1ccc(/C=N/NC(=S)/N=C(/C=N/O)NO)cc1. The van der Waals surface area contributed by atoms with Gasteiger partial charge in [0.05, 0.1) is 13.3 Å². The van der Waals surface area contributed by atoms with Crippen molar-refractivity contribution in [3.8, 4) is 5.75 Å². The van der Waals surface area contributed by atoms with Crippen molar-refractivity contribution in [2.24, 2.45) is 15.2 Å². The third-order valence-electron chi connectivity index (χ3n) is 2.01. The van der Waals surface area contributed by atoms with Gasteiger partial charge in [-0.2, -0.15) is 10.1 Å². The maximum absolute atomic E-state index is 8.64. The molecule has 4 N–H and O–H groups in total. The fourth-order valence-electron chi connectivity index (χ4n) is 1.12. The molecular weight excluding hydrogens is 282 g/mol. The number of thiocarbonyl (C=S) groups is 1. The maximum atomic E-state index is 8.64. The third-order valence-corrected chi connectivity index (χ3v) is 2.19. The summed E-state index contributed by atoms with van der Waals surface area (Å²) >= 11 is 4.84. The van der Waals surface area contributed by atoms with Crippen molar-refractivity contribution >= 4 is 35.6 Å². The minimum absolute atomic E-state index is 0.0220. The maximum Gasteiger partial charge on any atom is 0.215 e. The minimum Gasteiger partial charge on any atom is -0.497 e. The number of rotatable bonds is 4. The van der Waals surface area contributed by atoms with E-state index in [1.165, 1.54) is 6.21 Å². The topological polar surface area (TPSA) is 111 Å². The van der Waals surface area contributed by atoms with Gasteiger partial charge in [-0.25, -0.2) is 0 Å². The van der Waals surface area contributed by atoms with Crippen LogP contribution in [0.25, 0.3) is 0 Å². The Morgan fingerprint density at radius 1 is 1.35 bits per heavy atom. The number of benzene rings is 1. The van der Waals surface area contributed by atoms with E-state index in [9.17, 15) is 0 Å². The van der Waals surface area contributed by atoms with Crippen LogP contribution in [0.2, 0.25) is 0 Å². The third kappa shape index (κ3) is 5.42. The van der Waals surface area contributed by atoms with Crippen molar-refractivity contribution in [2.45, 2.75) is 0 Å². The summed E-state index contributed by atoms with van der Waals surface area (Å²) in [5, 5.41) is 23.5. The summed E-state index contributed by atoms with van der Waals surface area (Å²) in [6.45, 7) is 0. The van der Waals surface area contributed by atoms with Gasteiger partial charge in [0.15, 0.2) is 5.84 Å². The second-order valence-corrected chi connectivity index (χ2v) is 3.69. The molecule has 0 amide bonds. The van der Waals surface area contributed by atoms with Crippen LogP contribution in [-0.2, 0) is 0 Å². The standard InChI is InChI=1S/C11H13N5O3S/c1-19-9-4-2-8(3-5-9)6-12-15-11(20)14-10(16-18)7-13-17/h2-7,17-18H,1H3,(H2,14,15,16,20)/b12-6+,13-7+. The van der Waals surface area contributed by atoms with E-state index in [0.717, 1.165) is 17.5 Å². The Labute approximate surface area is 120 Å². The molecule has 0 aromatic heterocycles. The Balaban J connectivity index is 2.57. The van der Waals surface area contributed by atoms with Crippen molar-refractivity contribution < 1.29 is 15.2 Å². The minimum atomic E-state index is -0.135. The number of aliphatic imine (C=N–C) groups is 1. The van der Waals surface area contributed by atoms with E-state index in [2.05, 4.69) is 20.7 Å². The Kier molecular flexibility index (Phi) is 6.65. The van der Waals surface area contributed by atoms with E-state index in [1.807, 2.05) is 12.1 Å². The van der Waals surface area contributed by atoms with Gasteiger partial charge in [0.2, 0.25) is 5.11 Å². The number of hydrazone groups is 1. The monoisotopic (exact) mass is 295 g/mol. The van der Waals surface area contributed by atoms with Crippen LogP contribution in [0.4, 0.5) is 0 Å². The normalized spacial score (nSPS) is 11.8. The molecule has 0 radical (unpaired) electrons. The molecule has 0 saturated carbocycles. The number of hydroxylamine groups is 1. The van der Waals surface area contributed by atoms with Crippen molar-refractivity contribution in [1.29, 1.82) is 0 Å². The molecule has 0 aliphatic carbocycles. The molecule has 1 aromatic rings. The number of amidine groups is 1. The van der Waals surface area contributed by atoms with Crippen molar-refractivity contribution in [1.82, 2.24) is 10.9 Å². The first-order valence-electron chi connectivity index (χ1n) is 5.33.